The second kappa shape index (κ2) is 9.99. The van der Waals surface area contributed by atoms with Crippen LogP contribution in [0.2, 0.25) is 5.15 Å². The number of morpholine rings is 1. The summed E-state index contributed by atoms with van der Waals surface area (Å²) in [7, 11) is 3.42. The molecular formula is C22H30ClN5O3. The number of nitrogens with two attached hydrogens (primary N) is 1. The summed E-state index contributed by atoms with van der Waals surface area (Å²) in [6.45, 7) is 4.03. The minimum Gasteiger partial charge on any atom is -0.380 e. The Morgan fingerprint density at radius 3 is 2.45 bits per heavy atom. The van der Waals surface area contributed by atoms with Crippen LogP contribution in [0.25, 0.3) is 0 Å². The van der Waals surface area contributed by atoms with Crippen molar-refractivity contribution in [2.45, 2.75) is 25.2 Å². The molecule has 0 spiro atoms. The molecule has 168 valence electrons. The van der Waals surface area contributed by atoms with E-state index in [1.807, 2.05) is 0 Å². The largest absolute Gasteiger partial charge is 0.380 e. The molecule has 1 atom stereocenters. The van der Waals surface area contributed by atoms with Crippen LogP contribution < -0.4 is 15.5 Å². The van der Waals surface area contributed by atoms with Gasteiger partial charge in [-0.1, -0.05) is 23.7 Å². The van der Waals surface area contributed by atoms with Crippen LogP contribution in [0.5, 0.6) is 0 Å². The maximum absolute atomic E-state index is 6.04. The molecule has 1 aromatic carbocycles. The molecule has 31 heavy (non-hydrogen) atoms. The lowest BCUT2D eigenvalue weighted by Crippen LogP contribution is -2.39. The standard InChI is InChI=1S/C22H30ClN5O3/c1-29-22(30-2)16-7-9-27(10-8-16)17-5-3-15(4-6-17)19-14-28(11-12-31-19)18-13-20(23)25-26-21(18)24/h3-6,13,16,19,22H,7-12,14H2,1-2H3,(H2,24,26). The van der Waals surface area contributed by atoms with Crippen molar-refractivity contribution in [1.82, 2.24) is 10.2 Å². The lowest BCUT2D eigenvalue weighted by atomic mass is 9.95. The predicted octanol–water partition coefficient (Wildman–Crippen LogP) is 3.13. The molecule has 2 aliphatic heterocycles. The number of aromatic nitrogens is 2. The first kappa shape index (κ1) is 22.1. The first-order valence-electron chi connectivity index (χ1n) is 10.6. The summed E-state index contributed by atoms with van der Waals surface area (Å²) >= 11 is 6.02. The van der Waals surface area contributed by atoms with Crippen LogP contribution in [0.1, 0.15) is 24.5 Å². The zero-order valence-corrected chi connectivity index (χ0v) is 18.8. The summed E-state index contributed by atoms with van der Waals surface area (Å²) in [5.41, 5.74) is 9.20. The summed E-state index contributed by atoms with van der Waals surface area (Å²) in [4.78, 5) is 4.58. The van der Waals surface area contributed by atoms with E-state index >= 15 is 0 Å². The van der Waals surface area contributed by atoms with Gasteiger partial charge in [0.2, 0.25) is 0 Å². The number of rotatable bonds is 6. The van der Waals surface area contributed by atoms with Gasteiger partial charge in [-0.15, -0.1) is 10.2 Å². The number of hydrogen-bond donors (Lipinski definition) is 1. The van der Waals surface area contributed by atoms with Gasteiger partial charge in [-0.05, 0) is 30.5 Å². The Kier molecular flexibility index (Phi) is 7.12. The van der Waals surface area contributed by atoms with E-state index < -0.39 is 0 Å². The van der Waals surface area contributed by atoms with Crippen LogP contribution in [0.4, 0.5) is 17.2 Å². The van der Waals surface area contributed by atoms with Crippen LogP contribution in [0.15, 0.2) is 30.3 Å². The average molecular weight is 448 g/mol. The Labute approximate surface area is 188 Å². The topological polar surface area (TPSA) is 86.0 Å². The fourth-order valence-electron chi connectivity index (χ4n) is 4.50. The van der Waals surface area contributed by atoms with Gasteiger partial charge in [0, 0.05) is 58.1 Å². The Hall–Kier alpha value is -2.13. The molecule has 1 unspecified atom stereocenters. The summed E-state index contributed by atoms with van der Waals surface area (Å²) in [6, 6.07) is 10.4. The predicted molar refractivity (Wildman–Crippen MR) is 122 cm³/mol. The highest BCUT2D eigenvalue weighted by Gasteiger charge is 2.27. The molecule has 4 rings (SSSR count). The Morgan fingerprint density at radius 1 is 1.06 bits per heavy atom. The van der Waals surface area contributed by atoms with E-state index in [2.05, 4.69) is 44.3 Å². The van der Waals surface area contributed by atoms with Gasteiger partial charge in [0.15, 0.2) is 17.3 Å². The summed E-state index contributed by atoms with van der Waals surface area (Å²) in [6.07, 6.45) is 1.96. The van der Waals surface area contributed by atoms with E-state index in [4.69, 9.17) is 31.5 Å². The number of nitrogen functional groups attached to an aromatic ring is 1. The third kappa shape index (κ3) is 5.03. The molecule has 2 saturated heterocycles. The van der Waals surface area contributed by atoms with Gasteiger partial charge in [0.05, 0.1) is 12.3 Å². The number of benzene rings is 1. The number of hydrogen-bond acceptors (Lipinski definition) is 8. The molecule has 0 amide bonds. The SMILES string of the molecule is COC(OC)C1CCN(c2ccc(C3CN(c4cc(Cl)nnc4N)CCO3)cc2)CC1. The Morgan fingerprint density at radius 2 is 1.77 bits per heavy atom. The number of ether oxygens (including phenoxy) is 3. The molecule has 2 aliphatic rings. The summed E-state index contributed by atoms with van der Waals surface area (Å²) in [5.74, 6) is 0.823. The lowest BCUT2D eigenvalue weighted by molar-refractivity contribution is -0.141. The molecule has 0 saturated carbocycles. The van der Waals surface area contributed by atoms with Crippen molar-refractivity contribution in [3.8, 4) is 0 Å². The third-order valence-corrected chi connectivity index (χ3v) is 6.38. The van der Waals surface area contributed by atoms with Gasteiger partial charge in [0.1, 0.15) is 6.10 Å². The quantitative estimate of drug-likeness (QED) is 0.676. The molecule has 2 fully saturated rings. The molecular weight excluding hydrogens is 418 g/mol. The monoisotopic (exact) mass is 447 g/mol. The van der Waals surface area contributed by atoms with Crippen LogP contribution >= 0.6 is 11.6 Å². The van der Waals surface area contributed by atoms with E-state index in [0.717, 1.165) is 43.7 Å². The minimum absolute atomic E-state index is 0.0379. The summed E-state index contributed by atoms with van der Waals surface area (Å²) in [5, 5.41) is 8.07. The lowest BCUT2D eigenvalue weighted by Gasteiger charge is -2.37. The molecule has 2 aromatic rings. The van der Waals surface area contributed by atoms with Gasteiger partial charge in [-0.2, -0.15) is 0 Å². The first-order chi connectivity index (χ1) is 15.1. The number of nitrogens with zero attached hydrogens (tertiary/aromatic N) is 4. The second-order valence-electron chi connectivity index (χ2n) is 8.00. The molecule has 3 heterocycles. The first-order valence-corrected chi connectivity index (χ1v) is 11.0. The van der Waals surface area contributed by atoms with Crippen LogP contribution in [0.3, 0.4) is 0 Å². The number of halogens is 1. The Balaban J connectivity index is 1.39. The van der Waals surface area contributed by atoms with Gasteiger partial charge in [-0.3, -0.25) is 0 Å². The summed E-state index contributed by atoms with van der Waals surface area (Å²) < 4.78 is 16.9. The highest BCUT2D eigenvalue weighted by molar-refractivity contribution is 6.29. The van der Waals surface area contributed by atoms with E-state index in [1.54, 1.807) is 20.3 Å². The molecule has 9 heteroatoms. The maximum atomic E-state index is 6.04. The zero-order chi connectivity index (χ0) is 21.8. The molecule has 8 nitrogen and oxygen atoms in total. The molecule has 0 aliphatic carbocycles. The van der Waals surface area contributed by atoms with Crippen molar-refractivity contribution in [2.75, 3.05) is 62.5 Å². The van der Waals surface area contributed by atoms with Crippen molar-refractivity contribution in [3.05, 3.63) is 41.0 Å². The van der Waals surface area contributed by atoms with Crippen molar-refractivity contribution in [2.24, 2.45) is 5.92 Å². The van der Waals surface area contributed by atoms with Crippen molar-refractivity contribution in [1.29, 1.82) is 0 Å². The number of piperidine rings is 1. The van der Waals surface area contributed by atoms with Gasteiger partial charge >= 0.3 is 0 Å². The highest BCUT2D eigenvalue weighted by Crippen LogP contribution is 2.32. The minimum atomic E-state index is -0.115. The normalized spacial score (nSPS) is 20.5. The molecule has 0 bridgehead atoms. The Bertz CT molecular complexity index is 857. The smallest absolute Gasteiger partial charge is 0.169 e. The van der Waals surface area contributed by atoms with Crippen molar-refractivity contribution < 1.29 is 14.2 Å². The van der Waals surface area contributed by atoms with Gasteiger partial charge < -0.3 is 29.7 Å². The van der Waals surface area contributed by atoms with Crippen LogP contribution in [-0.2, 0) is 14.2 Å². The van der Waals surface area contributed by atoms with E-state index in [1.165, 1.54) is 5.69 Å². The van der Waals surface area contributed by atoms with E-state index in [9.17, 15) is 0 Å². The van der Waals surface area contributed by atoms with Crippen molar-refractivity contribution in [3.63, 3.8) is 0 Å². The van der Waals surface area contributed by atoms with Gasteiger partial charge in [0.25, 0.3) is 0 Å². The third-order valence-electron chi connectivity index (χ3n) is 6.20. The fourth-order valence-corrected chi connectivity index (χ4v) is 4.64. The molecule has 0 radical (unpaired) electrons. The molecule has 2 N–H and O–H groups in total. The van der Waals surface area contributed by atoms with Crippen molar-refractivity contribution >= 4 is 28.8 Å². The van der Waals surface area contributed by atoms with Gasteiger partial charge in [-0.25, -0.2) is 0 Å². The maximum Gasteiger partial charge on any atom is 0.169 e. The van der Waals surface area contributed by atoms with Crippen LogP contribution in [0, 0.1) is 5.92 Å². The van der Waals surface area contributed by atoms with E-state index in [-0.39, 0.29) is 12.4 Å². The second-order valence-corrected chi connectivity index (χ2v) is 8.39. The zero-order valence-electron chi connectivity index (χ0n) is 18.0. The number of anilines is 3. The molecule has 1 aromatic heterocycles. The number of methoxy groups -OCH3 is 2. The van der Waals surface area contributed by atoms with Crippen LogP contribution in [-0.4, -0.2) is 63.5 Å². The van der Waals surface area contributed by atoms with E-state index in [0.29, 0.717) is 30.0 Å². The highest BCUT2D eigenvalue weighted by atomic mass is 35.5. The average Bonchev–Trinajstić information content (AvgIpc) is 2.82. The fraction of sp³-hybridized carbons (Fsp3) is 0.545.